The van der Waals surface area contributed by atoms with Crippen LogP contribution in [0.4, 0.5) is 4.79 Å². The highest BCUT2D eigenvalue weighted by atomic mass is 28.4. The van der Waals surface area contributed by atoms with E-state index < -0.39 is 16.9 Å². The quantitative estimate of drug-likeness (QED) is 0.688. The van der Waals surface area contributed by atoms with Gasteiger partial charge >= 0.3 is 14.7 Å². The van der Waals surface area contributed by atoms with E-state index in [-0.39, 0.29) is 6.09 Å². The lowest BCUT2D eigenvalue weighted by Gasteiger charge is -2.32. The zero-order valence-corrected chi connectivity index (χ0v) is 13.4. The van der Waals surface area contributed by atoms with Crippen molar-refractivity contribution >= 4 is 23.0 Å². The Morgan fingerprint density at radius 3 is 2.06 bits per heavy atom. The van der Waals surface area contributed by atoms with Crippen molar-refractivity contribution in [2.75, 3.05) is 26.3 Å². The molecule has 0 radical (unpaired) electrons. The van der Waals surface area contributed by atoms with E-state index in [0.29, 0.717) is 26.3 Å². The van der Waals surface area contributed by atoms with Crippen LogP contribution in [0.5, 0.6) is 0 Å². The summed E-state index contributed by atoms with van der Waals surface area (Å²) in [5, 5.41) is 0. The van der Waals surface area contributed by atoms with Crippen molar-refractivity contribution < 1.29 is 18.1 Å². The Hall–Kier alpha value is -0.376. The van der Waals surface area contributed by atoms with Crippen molar-refractivity contribution in [1.82, 2.24) is 4.90 Å². The van der Waals surface area contributed by atoms with Crippen molar-refractivity contribution in [3.63, 3.8) is 0 Å². The molecule has 1 aliphatic rings. The van der Waals surface area contributed by atoms with Crippen molar-refractivity contribution in [1.29, 1.82) is 0 Å². The minimum Gasteiger partial charge on any atom is -0.504 e. The molecular weight excluding hydrogens is 254 g/mol. The molecule has 0 aromatic rings. The van der Waals surface area contributed by atoms with E-state index in [0.717, 1.165) is 0 Å². The zero-order chi connectivity index (χ0) is 13.1. The van der Waals surface area contributed by atoms with Crippen LogP contribution in [-0.4, -0.2) is 54.2 Å². The molecule has 7 heteroatoms. The van der Waals surface area contributed by atoms with Crippen LogP contribution in [-0.2, 0) is 13.3 Å². The lowest BCUT2D eigenvalue weighted by Crippen LogP contribution is -2.47. The maximum absolute atomic E-state index is 11.9. The highest BCUT2D eigenvalue weighted by molar-refractivity contribution is 6.71. The summed E-state index contributed by atoms with van der Waals surface area (Å²) in [4.78, 5) is 13.5. The van der Waals surface area contributed by atoms with Gasteiger partial charge in [0, 0.05) is 13.1 Å². The van der Waals surface area contributed by atoms with Crippen LogP contribution in [0.3, 0.4) is 0 Å². The van der Waals surface area contributed by atoms with Gasteiger partial charge in [0.05, 0.1) is 13.2 Å². The fourth-order valence-electron chi connectivity index (χ4n) is 1.47. The molecule has 0 saturated carbocycles. The summed E-state index contributed by atoms with van der Waals surface area (Å²) in [5.74, 6) is 0. The predicted molar refractivity (Wildman–Crippen MR) is 70.8 cm³/mol. The first-order chi connectivity index (χ1) is 7.70. The monoisotopic (exact) mass is 277 g/mol. The Bertz CT molecular complexity index is 266. The van der Waals surface area contributed by atoms with E-state index in [1.165, 1.54) is 0 Å². The average molecular weight is 277 g/mol. The Labute approximate surface area is 105 Å². The van der Waals surface area contributed by atoms with Crippen molar-refractivity contribution in [2.45, 2.75) is 32.7 Å². The number of amides is 1. The number of carbonyl (C=O) groups is 1. The SMILES string of the molecule is C[Si](C)(C)OC(=O)N1CCO[Si](C)(C)OCC1. The Balaban J connectivity index is 2.48. The molecule has 0 unspecified atom stereocenters. The Morgan fingerprint density at radius 2 is 1.65 bits per heavy atom. The third-order valence-electron chi connectivity index (χ3n) is 2.27. The van der Waals surface area contributed by atoms with Gasteiger partial charge in [-0.3, -0.25) is 0 Å². The molecule has 1 saturated heterocycles. The van der Waals surface area contributed by atoms with Gasteiger partial charge in [0.15, 0.2) is 0 Å². The summed E-state index contributed by atoms with van der Waals surface area (Å²) in [6.45, 7) is 12.3. The second-order valence-electron chi connectivity index (χ2n) is 5.56. The van der Waals surface area contributed by atoms with E-state index >= 15 is 0 Å². The second kappa shape index (κ2) is 5.51. The van der Waals surface area contributed by atoms with Crippen molar-refractivity contribution in [3.05, 3.63) is 0 Å². The summed E-state index contributed by atoms with van der Waals surface area (Å²) in [7, 11) is -3.78. The van der Waals surface area contributed by atoms with Gasteiger partial charge in [-0.05, 0) is 32.7 Å². The molecule has 1 heterocycles. The van der Waals surface area contributed by atoms with Gasteiger partial charge in [-0.2, -0.15) is 0 Å². The molecule has 0 spiro atoms. The molecule has 100 valence electrons. The Kier molecular flexibility index (Phi) is 4.76. The predicted octanol–water partition coefficient (Wildman–Crippen LogP) is 2.01. The van der Waals surface area contributed by atoms with Crippen LogP contribution < -0.4 is 0 Å². The summed E-state index contributed by atoms with van der Waals surface area (Å²) in [6.07, 6.45) is -0.238. The van der Waals surface area contributed by atoms with E-state index in [4.69, 9.17) is 13.3 Å². The molecule has 1 rings (SSSR count). The van der Waals surface area contributed by atoms with Crippen LogP contribution in [0.15, 0.2) is 0 Å². The number of hydrogen-bond acceptors (Lipinski definition) is 4. The number of hydrogen-bond donors (Lipinski definition) is 0. The van der Waals surface area contributed by atoms with Gasteiger partial charge in [-0.1, -0.05) is 0 Å². The number of carbonyl (C=O) groups excluding carboxylic acids is 1. The molecular formula is C10H23NO4Si2. The zero-order valence-electron chi connectivity index (χ0n) is 11.4. The maximum Gasteiger partial charge on any atom is 0.396 e. The summed E-state index contributed by atoms with van der Waals surface area (Å²) in [5.41, 5.74) is 0. The van der Waals surface area contributed by atoms with Crippen LogP contribution in [0.25, 0.3) is 0 Å². The number of rotatable bonds is 1. The fourth-order valence-corrected chi connectivity index (χ4v) is 3.37. The van der Waals surface area contributed by atoms with Gasteiger partial charge in [0.1, 0.15) is 0 Å². The summed E-state index contributed by atoms with van der Waals surface area (Å²) in [6, 6.07) is 0. The van der Waals surface area contributed by atoms with Gasteiger partial charge in [-0.25, -0.2) is 4.79 Å². The highest BCUT2D eigenvalue weighted by Crippen LogP contribution is 2.11. The molecule has 0 aromatic carbocycles. The standard InChI is InChI=1S/C10H23NO4Si2/c1-16(2,3)15-10(12)11-6-8-13-17(4,5)14-9-7-11/h6-9H2,1-5H3. The highest BCUT2D eigenvalue weighted by Gasteiger charge is 2.29. The third-order valence-corrected chi connectivity index (χ3v) is 4.86. The molecule has 17 heavy (non-hydrogen) atoms. The second-order valence-corrected chi connectivity index (χ2v) is 13.4. The van der Waals surface area contributed by atoms with Gasteiger partial charge < -0.3 is 18.2 Å². The van der Waals surface area contributed by atoms with E-state index in [9.17, 15) is 4.79 Å². The minimum absolute atomic E-state index is 0.238. The number of nitrogens with zero attached hydrogens (tertiary/aromatic N) is 1. The topological polar surface area (TPSA) is 48.0 Å². The lowest BCUT2D eigenvalue weighted by atomic mass is 10.5. The molecule has 0 aromatic heterocycles. The molecule has 0 bridgehead atoms. The molecule has 0 atom stereocenters. The maximum atomic E-state index is 11.9. The van der Waals surface area contributed by atoms with Crippen LogP contribution in [0, 0.1) is 0 Å². The molecule has 5 nitrogen and oxygen atoms in total. The van der Waals surface area contributed by atoms with E-state index in [1.807, 2.05) is 32.7 Å². The first-order valence-corrected chi connectivity index (χ1v) is 12.2. The largest absolute Gasteiger partial charge is 0.504 e. The van der Waals surface area contributed by atoms with Gasteiger partial charge in [0.25, 0.3) is 0 Å². The summed E-state index contributed by atoms with van der Waals surface area (Å²) >= 11 is 0. The smallest absolute Gasteiger partial charge is 0.396 e. The van der Waals surface area contributed by atoms with Crippen LogP contribution in [0.1, 0.15) is 0 Å². The molecule has 1 aliphatic heterocycles. The molecule has 1 amide bonds. The first-order valence-electron chi connectivity index (χ1n) is 5.95. The van der Waals surface area contributed by atoms with Crippen molar-refractivity contribution in [3.8, 4) is 0 Å². The van der Waals surface area contributed by atoms with Crippen molar-refractivity contribution in [2.24, 2.45) is 0 Å². The van der Waals surface area contributed by atoms with E-state index in [1.54, 1.807) is 4.90 Å². The van der Waals surface area contributed by atoms with Crippen LogP contribution >= 0.6 is 0 Å². The molecule has 0 aliphatic carbocycles. The van der Waals surface area contributed by atoms with E-state index in [2.05, 4.69) is 0 Å². The molecule has 1 fully saturated rings. The minimum atomic E-state index is -1.95. The Morgan fingerprint density at radius 1 is 1.18 bits per heavy atom. The normalized spacial score (nSPS) is 21.6. The fraction of sp³-hybridized carbons (Fsp3) is 0.900. The first kappa shape index (κ1) is 14.7. The average Bonchev–Trinajstić information content (AvgIpc) is 2.08. The lowest BCUT2D eigenvalue weighted by molar-refractivity contribution is 0.0908. The summed E-state index contributed by atoms with van der Waals surface area (Å²) < 4.78 is 16.8. The third kappa shape index (κ3) is 5.67. The van der Waals surface area contributed by atoms with Crippen LogP contribution in [0.2, 0.25) is 32.7 Å². The molecule has 0 N–H and O–H groups in total. The van der Waals surface area contributed by atoms with Gasteiger partial charge in [0.2, 0.25) is 8.32 Å². The van der Waals surface area contributed by atoms with Gasteiger partial charge in [-0.15, -0.1) is 0 Å².